The summed E-state index contributed by atoms with van der Waals surface area (Å²) in [5.74, 6) is 0.442. The number of para-hydroxylation sites is 1. The van der Waals surface area contributed by atoms with Crippen molar-refractivity contribution in [1.82, 2.24) is 20.2 Å². The van der Waals surface area contributed by atoms with E-state index in [4.69, 9.17) is 0 Å². The Balaban J connectivity index is 1.33. The molecule has 0 saturated carbocycles. The van der Waals surface area contributed by atoms with Crippen LogP contribution in [0, 0.1) is 0 Å². The van der Waals surface area contributed by atoms with Crippen molar-refractivity contribution >= 4 is 33.3 Å². The third-order valence-electron chi connectivity index (χ3n) is 4.17. The Bertz CT molecular complexity index is 1170. The minimum Gasteiger partial charge on any atom is -0.310 e. The number of H-pyrrole nitrogens is 1. The van der Waals surface area contributed by atoms with Gasteiger partial charge < -0.3 is 10.3 Å². The van der Waals surface area contributed by atoms with Gasteiger partial charge in [0.15, 0.2) is 0 Å². The van der Waals surface area contributed by atoms with Gasteiger partial charge in [-0.2, -0.15) is 0 Å². The fraction of sp³-hybridized carbons (Fsp3) is 0.150. The first kappa shape index (κ1) is 18.0. The molecule has 0 unspecified atom stereocenters. The monoisotopic (exact) mass is 391 g/mol. The van der Waals surface area contributed by atoms with Crippen LogP contribution in [0.5, 0.6) is 0 Å². The first-order valence-corrected chi connectivity index (χ1v) is 9.67. The zero-order valence-electron chi connectivity index (χ0n) is 14.9. The van der Waals surface area contributed by atoms with Crippen LogP contribution in [0.4, 0.5) is 5.13 Å². The molecule has 2 N–H and O–H groups in total. The van der Waals surface area contributed by atoms with Crippen LogP contribution in [-0.4, -0.2) is 26.1 Å². The van der Waals surface area contributed by atoms with E-state index >= 15 is 0 Å². The van der Waals surface area contributed by atoms with E-state index in [2.05, 4.69) is 25.5 Å². The Kier molecular flexibility index (Phi) is 5.20. The van der Waals surface area contributed by atoms with Crippen LogP contribution in [0.2, 0.25) is 0 Å². The number of benzene rings is 2. The van der Waals surface area contributed by atoms with Gasteiger partial charge in [0.2, 0.25) is 11.0 Å². The highest BCUT2D eigenvalue weighted by Gasteiger charge is 2.10. The van der Waals surface area contributed by atoms with Gasteiger partial charge in [-0.3, -0.25) is 9.59 Å². The molecule has 0 aliphatic carbocycles. The maximum Gasteiger partial charge on any atom is 0.258 e. The highest BCUT2D eigenvalue weighted by atomic mass is 32.1. The van der Waals surface area contributed by atoms with E-state index in [1.54, 1.807) is 18.2 Å². The summed E-state index contributed by atoms with van der Waals surface area (Å²) in [6, 6.07) is 16.9. The molecule has 0 bridgehead atoms. The van der Waals surface area contributed by atoms with E-state index < -0.39 is 0 Å². The van der Waals surface area contributed by atoms with E-state index in [1.165, 1.54) is 11.3 Å². The van der Waals surface area contributed by atoms with Crippen molar-refractivity contribution in [3.63, 3.8) is 0 Å². The van der Waals surface area contributed by atoms with Crippen LogP contribution in [0.25, 0.3) is 21.5 Å². The quantitative estimate of drug-likeness (QED) is 0.525. The zero-order chi connectivity index (χ0) is 19.3. The molecule has 2 aromatic carbocycles. The molecule has 0 saturated heterocycles. The van der Waals surface area contributed by atoms with Crippen molar-refractivity contribution in [2.75, 3.05) is 5.32 Å². The van der Waals surface area contributed by atoms with Crippen molar-refractivity contribution < 1.29 is 4.79 Å². The molecule has 2 aromatic heterocycles. The second kappa shape index (κ2) is 8.10. The number of fused-ring (bicyclic) bond motifs is 1. The lowest BCUT2D eigenvalue weighted by molar-refractivity contribution is -0.116. The fourth-order valence-electron chi connectivity index (χ4n) is 2.82. The zero-order valence-corrected chi connectivity index (χ0v) is 15.7. The molecule has 4 rings (SSSR count). The highest BCUT2D eigenvalue weighted by molar-refractivity contribution is 7.18. The molecule has 0 aliphatic heterocycles. The lowest BCUT2D eigenvalue weighted by Crippen LogP contribution is -2.14. The summed E-state index contributed by atoms with van der Waals surface area (Å²) in [6.45, 7) is 0. The number of aromatic amines is 1. The van der Waals surface area contributed by atoms with Crippen LogP contribution in [-0.2, 0) is 11.2 Å². The number of nitrogens with one attached hydrogen (secondary N) is 2. The smallest absolute Gasteiger partial charge is 0.258 e. The number of hydrogen-bond acceptors (Lipinski definition) is 6. The minimum atomic E-state index is -0.160. The highest BCUT2D eigenvalue weighted by Crippen LogP contribution is 2.25. The van der Waals surface area contributed by atoms with Crippen LogP contribution in [0.15, 0.2) is 59.4 Å². The Labute approximate surface area is 164 Å². The van der Waals surface area contributed by atoms with Gasteiger partial charge in [0, 0.05) is 18.4 Å². The second-order valence-corrected chi connectivity index (χ2v) is 7.19. The van der Waals surface area contributed by atoms with E-state index in [-0.39, 0.29) is 11.5 Å². The van der Waals surface area contributed by atoms with Gasteiger partial charge in [0.05, 0.1) is 10.9 Å². The SMILES string of the molecule is O=C(CCCc1nc2ccccc2c(=O)[nH]1)Nc1nnc(-c2ccccc2)s1. The minimum absolute atomic E-state index is 0.140. The van der Waals surface area contributed by atoms with E-state index in [0.29, 0.717) is 41.1 Å². The van der Waals surface area contributed by atoms with Crippen LogP contribution in [0.1, 0.15) is 18.7 Å². The number of amides is 1. The van der Waals surface area contributed by atoms with Gasteiger partial charge in [-0.15, -0.1) is 10.2 Å². The summed E-state index contributed by atoms with van der Waals surface area (Å²) in [7, 11) is 0. The molecule has 28 heavy (non-hydrogen) atoms. The Morgan fingerprint density at radius 2 is 1.82 bits per heavy atom. The molecular weight excluding hydrogens is 374 g/mol. The van der Waals surface area contributed by atoms with Crippen molar-refractivity contribution in [1.29, 1.82) is 0 Å². The molecule has 0 radical (unpaired) electrons. The number of aromatic nitrogens is 4. The fourth-order valence-corrected chi connectivity index (χ4v) is 3.59. The van der Waals surface area contributed by atoms with Gasteiger partial charge in [-0.25, -0.2) is 4.98 Å². The van der Waals surface area contributed by atoms with Crippen molar-refractivity contribution in [3.8, 4) is 10.6 Å². The van der Waals surface area contributed by atoms with Gasteiger partial charge >= 0.3 is 0 Å². The molecule has 1 amide bonds. The van der Waals surface area contributed by atoms with Crippen LogP contribution >= 0.6 is 11.3 Å². The van der Waals surface area contributed by atoms with Crippen LogP contribution < -0.4 is 10.9 Å². The topological polar surface area (TPSA) is 101 Å². The lowest BCUT2D eigenvalue weighted by atomic mass is 10.2. The first-order valence-electron chi connectivity index (χ1n) is 8.86. The summed E-state index contributed by atoms with van der Waals surface area (Å²) in [4.78, 5) is 31.5. The summed E-state index contributed by atoms with van der Waals surface area (Å²) in [5, 5.41) is 12.7. The van der Waals surface area contributed by atoms with Gasteiger partial charge in [0.25, 0.3) is 5.56 Å². The van der Waals surface area contributed by atoms with E-state index in [9.17, 15) is 9.59 Å². The normalized spacial score (nSPS) is 10.9. The van der Waals surface area contributed by atoms with Crippen molar-refractivity contribution in [3.05, 3.63) is 70.8 Å². The number of nitrogens with zero attached hydrogens (tertiary/aromatic N) is 3. The van der Waals surface area contributed by atoms with Crippen LogP contribution in [0.3, 0.4) is 0 Å². The number of carbonyl (C=O) groups excluding carboxylic acids is 1. The molecule has 2 heterocycles. The summed E-state index contributed by atoms with van der Waals surface area (Å²) < 4.78 is 0. The molecule has 0 aliphatic rings. The van der Waals surface area contributed by atoms with Gasteiger partial charge in [0.1, 0.15) is 10.8 Å². The van der Waals surface area contributed by atoms with Crippen molar-refractivity contribution in [2.24, 2.45) is 0 Å². The first-order chi connectivity index (χ1) is 13.7. The van der Waals surface area contributed by atoms with E-state index in [1.807, 2.05) is 36.4 Å². The van der Waals surface area contributed by atoms with Crippen molar-refractivity contribution in [2.45, 2.75) is 19.3 Å². The Hall–Kier alpha value is -3.39. The molecule has 7 nitrogen and oxygen atoms in total. The number of aryl methyl sites for hydroxylation is 1. The average molecular weight is 391 g/mol. The molecule has 0 atom stereocenters. The predicted molar refractivity (Wildman–Crippen MR) is 109 cm³/mol. The summed E-state index contributed by atoms with van der Waals surface area (Å²) in [5.41, 5.74) is 1.46. The summed E-state index contributed by atoms with van der Waals surface area (Å²) >= 11 is 1.33. The standard InChI is InChI=1S/C20H17N5O2S/c26-17(23-20-25-24-19(28-20)13-7-2-1-3-8-13)12-6-11-16-21-15-10-5-4-9-14(15)18(27)22-16/h1-5,7-10H,6,11-12H2,(H,21,22,27)(H,23,25,26). The number of rotatable bonds is 6. The average Bonchev–Trinajstić information content (AvgIpc) is 3.17. The predicted octanol–water partition coefficient (Wildman–Crippen LogP) is 3.40. The lowest BCUT2D eigenvalue weighted by Gasteiger charge is -2.03. The second-order valence-electron chi connectivity index (χ2n) is 6.21. The molecular formula is C20H17N5O2S. The Morgan fingerprint density at radius 1 is 1.04 bits per heavy atom. The molecule has 4 aromatic rings. The molecule has 0 spiro atoms. The van der Waals surface area contributed by atoms with Gasteiger partial charge in [-0.05, 0) is 18.6 Å². The molecule has 140 valence electrons. The molecule has 8 heteroatoms. The maximum absolute atomic E-state index is 12.2. The Morgan fingerprint density at radius 3 is 2.68 bits per heavy atom. The maximum atomic E-state index is 12.2. The third kappa shape index (κ3) is 4.12. The third-order valence-corrected chi connectivity index (χ3v) is 5.06. The van der Waals surface area contributed by atoms with E-state index in [0.717, 1.165) is 10.6 Å². The summed E-state index contributed by atoms with van der Waals surface area (Å²) in [6.07, 6.45) is 1.38. The molecule has 0 fully saturated rings. The number of hydrogen-bond donors (Lipinski definition) is 2. The number of carbonyl (C=O) groups is 1. The largest absolute Gasteiger partial charge is 0.310 e. The number of anilines is 1. The van der Waals surface area contributed by atoms with Gasteiger partial charge in [-0.1, -0.05) is 53.8 Å².